The molecule has 0 spiro atoms. The zero-order valence-electron chi connectivity index (χ0n) is 26.7. The molecule has 7 nitrogen and oxygen atoms in total. The van der Waals surface area contributed by atoms with Crippen molar-refractivity contribution in [2.45, 2.75) is 44.0 Å². The average Bonchev–Trinajstić information content (AvgIpc) is 3.32. The molecule has 50 heavy (non-hydrogen) atoms. The number of carbonyl (C=O) groups excluding carboxylic acids is 2. The minimum atomic E-state index is -5.18. The van der Waals surface area contributed by atoms with E-state index in [1.165, 1.54) is 7.11 Å². The normalized spacial score (nSPS) is 23.0. The Morgan fingerprint density at radius 2 is 1.58 bits per heavy atom. The van der Waals surface area contributed by atoms with Crippen LogP contribution in [0.15, 0.2) is 83.9 Å². The fraction of sp³-hybridized carbons (Fsp3) is 0.333. The number of fused-ring (bicyclic) bond motifs is 3. The van der Waals surface area contributed by atoms with Gasteiger partial charge in [-0.25, -0.2) is 4.90 Å². The lowest BCUT2D eigenvalue weighted by Gasteiger charge is -2.43. The van der Waals surface area contributed by atoms with E-state index in [2.05, 4.69) is 0 Å². The van der Waals surface area contributed by atoms with E-state index in [1.54, 1.807) is 24.3 Å². The molecule has 1 aliphatic carbocycles. The number of nitrogens with zero attached hydrogens (tertiary/aromatic N) is 1. The van der Waals surface area contributed by atoms with Crippen LogP contribution in [0.1, 0.15) is 41.5 Å². The summed E-state index contributed by atoms with van der Waals surface area (Å²) in [5.74, 6) is -4.77. The summed E-state index contributed by atoms with van der Waals surface area (Å²) >= 11 is 0. The number of amides is 2. The molecule has 3 aromatic carbocycles. The lowest BCUT2D eigenvalue weighted by atomic mass is 9.58. The van der Waals surface area contributed by atoms with E-state index in [1.807, 2.05) is 36.4 Å². The van der Waals surface area contributed by atoms with Gasteiger partial charge in [0.25, 0.3) is 0 Å². The van der Waals surface area contributed by atoms with Crippen LogP contribution in [0, 0.1) is 17.8 Å². The molecule has 2 saturated heterocycles. The van der Waals surface area contributed by atoms with Gasteiger partial charge < -0.3 is 19.5 Å². The number of allylic oxidation sites excluding steroid dienone is 1. The van der Waals surface area contributed by atoms with Gasteiger partial charge in [-0.05, 0) is 89.7 Å². The Morgan fingerprint density at radius 3 is 2.18 bits per heavy atom. The summed E-state index contributed by atoms with van der Waals surface area (Å²) in [5, 5.41) is 20.7. The third kappa shape index (κ3) is 7.10. The van der Waals surface area contributed by atoms with Gasteiger partial charge in [0.15, 0.2) is 0 Å². The maximum absolute atomic E-state index is 14.0. The van der Waals surface area contributed by atoms with E-state index in [0.717, 1.165) is 16.7 Å². The molecule has 6 rings (SSSR count). The molecule has 0 saturated carbocycles. The van der Waals surface area contributed by atoms with Crippen molar-refractivity contribution in [2.24, 2.45) is 17.8 Å². The molecule has 0 unspecified atom stereocenters. The van der Waals surface area contributed by atoms with Crippen molar-refractivity contribution in [1.29, 1.82) is 0 Å². The number of phenolic OH excluding ortho intramolecular Hbond substituents is 1. The van der Waals surface area contributed by atoms with Crippen LogP contribution >= 0.6 is 0 Å². The number of hydrogen-bond donors (Lipinski definition) is 2. The molecule has 0 radical (unpaired) electrons. The molecule has 0 bridgehead atoms. The Hall–Kier alpha value is -4.40. The maximum atomic E-state index is 14.0. The molecule has 2 aliphatic heterocycles. The molecule has 2 fully saturated rings. The largest absolute Gasteiger partial charge is 0.508 e. The van der Waals surface area contributed by atoms with E-state index in [-0.39, 0.29) is 31.2 Å². The summed E-state index contributed by atoms with van der Waals surface area (Å²) in [5.41, 5.74) is -0.205. The smallest absolute Gasteiger partial charge is 0.455 e. The Morgan fingerprint density at radius 1 is 0.940 bits per heavy atom. The number of carbonyl (C=O) groups is 2. The number of methoxy groups -OCH3 is 1. The van der Waals surface area contributed by atoms with Gasteiger partial charge in [0.05, 0.1) is 41.4 Å². The Kier molecular flexibility index (Phi) is 9.73. The lowest BCUT2D eigenvalue weighted by molar-refractivity contribution is -0.143. The highest BCUT2D eigenvalue weighted by atomic mass is 19.4. The first kappa shape index (κ1) is 35.4. The van der Waals surface area contributed by atoms with Crippen molar-refractivity contribution in [1.82, 2.24) is 0 Å². The van der Waals surface area contributed by atoms with Crippen LogP contribution in [0.3, 0.4) is 0 Å². The van der Waals surface area contributed by atoms with Crippen LogP contribution in [0.2, 0.25) is 6.32 Å². The summed E-state index contributed by atoms with van der Waals surface area (Å²) in [7, 11) is 0.0746. The number of rotatable bonds is 8. The topological polar surface area (TPSA) is 96.3 Å². The standard InChI is InChI=1S/C36H32BF6NO6/c1-49-19-23-14-28-32(34(47)44(33(28)46)26-16-24(35(38,39)40)15-25(17-26)36(41,42)43)29-18-37(48)50-30(31(23)29)12-9-22(21-5-3-2-4-6-21)13-20-7-10-27(45)11-8-20/h2-8,10-11,13,15-17,28-30,32,45,48H,9,12,14,18-19H2,1H3/b22-13-/t28-,29+,30-,32-/m1/s1. The molecule has 0 aromatic heterocycles. The Balaban J connectivity index is 1.35. The van der Waals surface area contributed by atoms with Gasteiger partial charge >= 0.3 is 19.5 Å². The van der Waals surface area contributed by atoms with Gasteiger partial charge in [-0.1, -0.05) is 48.5 Å². The number of phenols is 1. The second-order valence-corrected chi connectivity index (χ2v) is 12.7. The summed E-state index contributed by atoms with van der Waals surface area (Å²) in [6, 6.07) is 16.8. The molecular formula is C36H32BF6NO6. The first-order chi connectivity index (χ1) is 23.7. The zero-order valence-corrected chi connectivity index (χ0v) is 26.7. The van der Waals surface area contributed by atoms with E-state index in [4.69, 9.17) is 9.39 Å². The SMILES string of the molecule is COCC1=C2[C@@H](CC/C(=C/c3ccc(O)cc3)c3ccccc3)OB(O)C[C@@H]2[C@@H]2C(=O)N(c3cc(C(F)(F)F)cc(C(F)(F)F)c3)C(=O)[C@@H]2C1. The highest BCUT2D eigenvalue weighted by molar-refractivity contribution is 6.43. The fourth-order valence-corrected chi connectivity index (χ4v) is 7.40. The highest BCUT2D eigenvalue weighted by Crippen LogP contribution is 2.52. The fourth-order valence-electron chi connectivity index (χ4n) is 7.40. The Labute approximate surface area is 284 Å². The van der Waals surface area contributed by atoms with Gasteiger partial charge in [-0.15, -0.1) is 0 Å². The second-order valence-electron chi connectivity index (χ2n) is 12.7. The molecule has 262 valence electrons. The molecule has 14 heteroatoms. The number of aromatic hydroxyl groups is 1. The third-order valence-electron chi connectivity index (χ3n) is 9.51. The summed E-state index contributed by atoms with van der Waals surface area (Å²) in [6.45, 7) is 0.0309. The van der Waals surface area contributed by atoms with Crippen LogP contribution in [-0.4, -0.2) is 48.9 Å². The first-order valence-corrected chi connectivity index (χ1v) is 15.9. The van der Waals surface area contributed by atoms with Crippen molar-refractivity contribution < 1.29 is 55.5 Å². The number of anilines is 1. The quantitative estimate of drug-likeness (QED) is 0.0837. The van der Waals surface area contributed by atoms with Crippen molar-refractivity contribution in [3.05, 3.63) is 106 Å². The van der Waals surface area contributed by atoms with Crippen LogP contribution in [0.25, 0.3) is 11.6 Å². The van der Waals surface area contributed by atoms with Crippen LogP contribution < -0.4 is 4.90 Å². The number of halogens is 6. The van der Waals surface area contributed by atoms with Crippen LogP contribution in [0.4, 0.5) is 32.0 Å². The summed E-state index contributed by atoms with van der Waals surface area (Å²) in [6.07, 6.45) is -8.54. The predicted molar refractivity (Wildman–Crippen MR) is 172 cm³/mol. The third-order valence-corrected chi connectivity index (χ3v) is 9.51. The van der Waals surface area contributed by atoms with E-state index >= 15 is 0 Å². The number of imide groups is 1. The predicted octanol–water partition coefficient (Wildman–Crippen LogP) is 7.40. The van der Waals surface area contributed by atoms with E-state index in [9.17, 15) is 46.1 Å². The van der Waals surface area contributed by atoms with Gasteiger partial charge in [0.2, 0.25) is 11.8 Å². The molecule has 2 amide bonds. The first-order valence-electron chi connectivity index (χ1n) is 15.9. The maximum Gasteiger partial charge on any atom is 0.455 e. The molecular weight excluding hydrogens is 667 g/mol. The molecule has 3 aliphatic rings. The molecule has 3 aromatic rings. The second kappa shape index (κ2) is 13.7. The number of benzene rings is 3. The van der Waals surface area contributed by atoms with E-state index < -0.39 is 72.0 Å². The lowest BCUT2D eigenvalue weighted by Crippen LogP contribution is -2.46. The van der Waals surface area contributed by atoms with Crippen LogP contribution in [0.5, 0.6) is 5.75 Å². The highest BCUT2D eigenvalue weighted by Gasteiger charge is 2.58. The van der Waals surface area contributed by atoms with Gasteiger partial charge in [0.1, 0.15) is 5.75 Å². The number of hydrogen-bond acceptors (Lipinski definition) is 6. The van der Waals surface area contributed by atoms with Crippen molar-refractivity contribution in [3.63, 3.8) is 0 Å². The Bertz CT molecular complexity index is 1790. The molecule has 2 N–H and O–H groups in total. The van der Waals surface area contributed by atoms with Gasteiger partial charge in [-0.3, -0.25) is 9.59 Å². The molecule has 4 atom stereocenters. The van der Waals surface area contributed by atoms with Crippen molar-refractivity contribution in [3.8, 4) is 5.75 Å². The minimum Gasteiger partial charge on any atom is -0.508 e. The monoisotopic (exact) mass is 699 g/mol. The zero-order chi connectivity index (χ0) is 36.0. The summed E-state index contributed by atoms with van der Waals surface area (Å²) in [4.78, 5) is 28.2. The van der Waals surface area contributed by atoms with Gasteiger partial charge in [0, 0.05) is 7.11 Å². The van der Waals surface area contributed by atoms with Crippen molar-refractivity contribution >= 4 is 36.3 Å². The van der Waals surface area contributed by atoms with Crippen LogP contribution in [-0.2, 0) is 31.3 Å². The number of ether oxygens (including phenoxy) is 1. The number of alkyl halides is 6. The van der Waals surface area contributed by atoms with Gasteiger partial charge in [-0.2, -0.15) is 26.3 Å². The van der Waals surface area contributed by atoms with Crippen molar-refractivity contribution in [2.75, 3.05) is 18.6 Å². The summed E-state index contributed by atoms with van der Waals surface area (Å²) < 4.78 is 93.7. The minimum absolute atomic E-state index is 0.0264. The van der Waals surface area contributed by atoms with E-state index in [0.29, 0.717) is 41.0 Å². The average molecular weight is 699 g/mol. The molecule has 2 heterocycles.